The smallest absolute Gasteiger partial charge is 0.347 e. The van der Waals surface area contributed by atoms with Crippen LogP contribution in [0.15, 0.2) is 24.3 Å². The number of non-ortho nitro benzene ring substituents is 1. The predicted molar refractivity (Wildman–Crippen MR) is 58.5 cm³/mol. The Bertz CT molecular complexity index is 416. The van der Waals surface area contributed by atoms with Gasteiger partial charge in [0.1, 0.15) is 0 Å². The van der Waals surface area contributed by atoms with Gasteiger partial charge in [0.15, 0.2) is 0 Å². The molecule has 0 saturated heterocycles. The summed E-state index contributed by atoms with van der Waals surface area (Å²) >= 11 is 11.5. The maximum atomic E-state index is 11.2. The van der Waals surface area contributed by atoms with Gasteiger partial charge in [-0.05, 0) is 17.7 Å². The van der Waals surface area contributed by atoms with Gasteiger partial charge in [0, 0.05) is 12.1 Å². The van der Waals surface area contributed by atoms with Crippen molar-refractivity contribution in [3.63, 3.8) is 0 Å². The molecule has 0 aromatic heterocycles. The van der Waals surface area contributed by atoms with E-state index in [9.17, 15) is 14.9 Å². The molecule has 7 heteroatoms. The largest absolute Gasteiger partial charge is 0.467 e. The van der Waals surface area contributed by atoms with E-state index in [4.69, 9.17) is 23.2 Å². The highest BCUT2D eigenvalue weighted by molar-refractivity contribution is 6.56. The SMILES string of the molecule is COC(=O)C(Cl)(Cl)c1ccc([N+](=O)[O-])cc1. The van der Waals surface area contributed by atoms with E-state index in [1.165, 1.54) is 24.3 Å². The highest BCUT2D eigenvalue weighted by Crippen LogP contribution is 2.35. The fourth-order valence-electron chi connectivity index (χ4n) is 1.04. The molecule has 0 spiro atoms. The van der Waals surface area contributed by atoms with Crippen LogP contribution in [0.1, 0.15) is 5.56 Å². The number of nitro benzene ring substituents is 1. The van der Waals surface area contributed by atoms with Crippen LogP contribution in [-0.2, 0) is 13.9 Å². The molecule has 5 nitrogen and oxygen atoms in total. The number of nitro groups is 1. The number of rotatable bonds is 3. The summed E-state index contributed by atoms with van der Waals surface area (Å²) in [6, 6.07) is 5.01. The van der Waals surface area contributed by atoms with Gasteiger partial charge >= 0.3 is 5.97 Å². The highest BCUT2D eigenvalue weighted by Gasteiger charge is 2.37. The zero-order valence-electron chi connectivity index (χ0n) is 8.15. The number of alkyl halides is 2. The Morgan fingerprint density at radius 3 is 2.25 bits per heavy atom. The second-order valence-corrected chi connectivity index (χ2v) is 4.20. The predicted octanol–water partition coefficient (Wildman–Crippen LogP) is 2.40. The Kier molecular flexibility index (Phi) is 3.72. The standard InChI is InChI=1S/C9H7Cl2NO4/c1-16-8(13)9(10,11)6-2-4-7(5-3-6)12(14)15/h2-5H,1H3. The van der Waals surface area contributed by atoms with Gasteiger partial charge in [-0.2, -0.15) is 0 Å². The number of carbonyl (C=O) groups excluding carboxylic acids is 1. The van der Waals surface area contributed by atoms with Gasteiger partial charge in [0.25, 0.3) is 5.69 Å². The number of esters is 1. The van der Waals surface area contributed by atoms with Crippen LogP contribution in [0.3, 0.4) is 0 Å². The normalized spacial score (nSPS) is 10.9. The number of benzene rings is 1. The van der Waals surface area contributed by atoms with Crippen molar-refractivity contribution in [3.8, 4) is 0 Å². The number of methoxy groups -OCH3 is 1. The van der Waals surface area contributed by atoms with E-state index in [2.05, 4.69) is 4.74 Å². The zero-order valence-corrected chi connectivity index (χ0v) is 9.66. The number of carbonyl (C=O) groups is 1. The molecule has 1 aromatic rings. The second-order valence-electron chi connectivity index (χ2n) is 2.87. The first-order valence-electron chi connectivity index (χ1n) is 4.10. The molecule has 0 atom stereocenters. The van der Waals surface area contributed by atoms with Crippen molar-refractivity contribution in [3.05, 3.63) is 39.9 Å². The molecule has 16 heavy (non-hydrogen) atoms. The van der Waals surface area contributed by atoms with Crippen molar-refractivity contribution in [2.75, 3.05) is 7.11 Å². The molecule has 0 heterocycles. The van der Waals surface area contributed by atoms with Crippen molar-refractivity contribution < 1.29 is 14.5 Å². The number of hydrogen-bond acceptors (Lipinski definition) is 4. The van der Waals surface area contributed by atoms with Gasteiger partial charge in [-0.15, -0.1) is 0 Å². The summed E-state index contributed by atoms with van der Waals surface area (Å²) in [5.41, 5.74) is 0.103. The lowest BCUT2D eigenvalue weighted by Crippen LogP contribution is -2.24. The summed E-state index contributed by atoms with van der Waals surface area (Å²) in [4.78, 5) is 21.1. The summed E-state index contributed by atoms with van der Waals surface area (Å²) in [6.45, 7) is 0. The molecule has 1 aromatic carbocycles. The van der Waals surface area contributed by atoms with Gasteiger partial charge in [-0.3, -0.25) is 10.1 Å². The zero-order chi connectivity index (χ0) is 12.3. The summed E-state index contributed by atoms with van der Waals surface area (Å²) in [6.07, 6.45) is 0. The fourth-order valence-corrected chi connectivity index (χ4v) is 1.44. The molecule has 86 valence electrons. The van der Waals surface area contributed by atoms with Crippen LogP contribution in [0.5, 0.6) is 0 Å². The van der Waals surface area contributed by atoms with Crippen molar-refractivity contribution in [2.45, 2.75) is 4.33 Å². The third-order valence-corrected chi connectivity index (χ3v) is 2.63. The van der Waals surface area contributed by atoms with E-state index in [0.717, 1.165) is 7.11 Å². The van der Waals surface area contributed by atoms with Crippen LogP contribution in [0, 0.1) is 10.1 Å². The van der Waals surface area contributed by atoms with E-state index < -0.39 is 15.2 Å². The van der Waals surface area contributed by atoms with E-state index in [0.29, 0.717) is 0 Å². The molecule has 0 bridgehead atoms. The highest BCUT2D eigenvalue weighted by atomic mass is 35.5. The number of halogens is 2. The minimum atomic E-state index is -1.86. The molecule has 0 amide bonds. The minimum absolute atomic E-state index is 0.113. The Hall–Kier alpha value is -1.33. The summed E-state index contributed by atoms with van der Waals surface area (Å²) in [7, 11) is 1.15. The lowest BCUT2D eigenvalue weighted by Gasteiger charge is -2.16. The van der Waals surface area contributed by atoms with E-state index >= 15 is 0 Å². The van der Waals surface area contributed by atoms with Gasteiger partial charge < -0.3 is 4.74 Å². The first-order valence-corrected chi connectivity index (χ1v) is 4.86. The summed E-state index contributed by atoms with van der Waals surface area (Å²) < 4.78 is 2.55. The molecule has 0 radical (unpaired) electrons. The molecule has 0 aliphatic carbocycles. The van der Waals surface area contributed by atoms with Crippen LogP contribution in [0.25, 0.3) is 0 Å². The molecular formula is C9H7Cl2NO4. The van der Waals surface area contributed by atoms with Crippen LogP contribution in [-0.4, -0.2) is 18.0 Å². The maximum Gasteiger partial charge on any atom is 0.347 e. The van der Waals surface area contributed by atoms with E-state index in [1.54, 1.807) is 0 Å². The van der Waals surface area contributed by atoms with Crippen LogP contribution in [0.2, 0.25) is 0 Å². The van der Waals surface area contributed by atoms with Crippen LogP contribution < -0.4 is 0 Å². The Balaban J connectivity index is 3.06. The monoisotopic (exact) mass is 263 g/mol. The Morgan fingerprint density at radius 1 is 1.38 bits per heavy atom. The first-order chi connectivity index (χ1) is 7.39. The van der Waals surface area contributed by atoms with Crippen LogP contribution >= 0.6 is 23.2 Å². The Labute approximate surface area is 101 Å². The maximum absolute atomic E-state index is 11.2. The average molecular weight is 264 g/mol. The molecule has 0 aliphatic heterocycles. The van der Waals surface area contributed by atoms with Crippen molar-refractivity contribution >= 4 is 34.9 Å². The van der Waals surface area contributed by atoms with Crippen LogP contribution in [0.4, 0.5) is 5.69 Å². The third-order valence-electron chi connectivity index (χ3n) is 1.88. The fraction of sp³-hybridized carbons (Fsp3) is 0.222. The van der Waals surface area contributed by atoms with Gasteiger partial charge in [0.2, 0.25) is 4.33 Å². The lowest BCUT2D eigenvalue weighted by molar-refractivity contribution is -0.384. The van der Waals surface area contributed by atoms with Gasteiger partial charge in [-0.1, -0.05) is 23.2 Å². The average Bonchev–Trinajstić information content (AvgIpc) is 2.28. The topological polar surface area (TPSA) is 69.4 Å². The minimum Gasteiger partial charge on any atom is -0.467 e. The molecule has 0 aliphatic rings. The molecule has 0 unspecified atom stereocenters. The molecule has 0 fully saturated rings. The molecule has 0 N–H and O–H groups in total. The number of nitrogens with zero attached hydrogens (tertiary/aromatic N) is 1. The summed E-state index contributed by atoms with van der Waals surface area (Å²) in [5, 5.41) is 10.4. The summed E-state index contributed by atoms with van der Waals surface area (Å²) in [5.74, 6) is -0.843. The van der Waals surface area contributed by atoms with Gasteiger partial charge in [0.05, 0.1) is 12.0 Å². The van der Waals surface area contributed by atoms with Crippen molar-refractivity contribution in [2.24, 2.45) is 0 Å². The van der Waals surface area contributed by atoms with E-state index in [1.807, 2.05) is 0 Å². The first kappa shape index (κ1) is 12.7. The quantitative estimate of drug-likeness (QED) is 0.364. The van der Waals surface area contributed by atoms with Crippen molar-refractivity contribution in [1.82, 2.24) is 0 Å². The second kappa shape index (κ2) is 4.67. The Morgan fingerprint density at radius 2 is 1.88 bits per heavy atom. The van der Waals surface area contributed by atoms with Crippen molar-refractivity contribution in [1.29, 1.82) is 0 Å². The molecule has 1 rings (SSSR count). The third kappa shape index (κ3) is 2.43. The lowest BCUT2D eigenvalue weighted by atomic mass is 10.1. The number of hydrogen-bond donors (Lipinski definition) is 0. The molecule has 0 saturated carbocycles. The number of ether oxygens (including phenoxy) is 1. The van der Waals surface area contributed by atoms with Gasteiger partial charge in [-0.25, -0.2) is 4.79 Å². The van der Waals surface area contributed by atoms with E-state index in [-0.39, 0.29) is 11.3 Å². The molecular weight excluding hydrogens is 257 g/mol.